The first-order valence-corrected chi connectivity index (χ1v) is 7.42. The summed E-state index contributed by atoms with van der Waals surface area (Å²) in [5.41, 5.74) is 0.768. The Labute approximate surface area is 141 Å². The van der Waals surface area contributed by atoms with Crippen molar-refractivity contribution in [1.82, 2.24) is 10.2 Å². The van der Waals surface area contributed by atoms with Gasteiger partial charge in [0.25, 0.3) is 0 Å². The Morgan fingerprint density at radius 1 is 1.00 bits per heavy atom. The van der Waals surface area contributed by atoms with Crippen LogP contribution in [0.5, 0.6) is 0 Å². The van der Waals surface area contributed by atoms with Crippen molar-refractivity contribution in [3.05, 3.63) is 77.6 Å². The van der Waals surface area contributed by atoms with E-state index in [4.69, 9.17) is 4.42 Å². The molecule has 129 valence electrons. The largest absolute Gasteiger partial charge is 0.426 e. The minimum atomic E-state index is -4.39. The predicted octanol–water partition coefficient (Wildman–Crippen LogP) is 5.00. The van der Waals surface area contributed by atoms with E-state index in [0.29, 0.717) is 28.5 Å². The number of hydrogen-bond acceptors (Lipinski definition) is 3. The van der Waals surface area contributed by atoms with Gasteiger partial charge in [-0.3, -0.25) is 0 Å². The van der Waals surface area contributed by atoms with E-state index in [-0.39, 0.29) is 6.42 Å². The normalized spacial score (nSPS) is 11.7. The Morgan fingerprint density at radius 2 is 1.68 bits per heavy atom. The topological polar surface area (TPSA) is 38.9 Å². The van der Waals surface area contributed by atoms with Crippen LogP contribution in [0, 0.1) is 19.2 Å². The quantitative estimate of drug-likeness (QED) is 0.622. The van der Waals surface area contributed by atoms with Crippen LogP contribution in [0.25, 0.3) is 11.1 Å². The van der Waals surface area contributed by atoms with Gasteiger partial charge in [0.15, 0.2) is 0 Å². The molecule has 0 N–H and O–H groups in total. The van der Waals surface area contributed by atoms with Crippen LogP contribution in [0.4, 0.5) is 17.6 Å². The van der Waals surface area contributed by atoms with E-state index in [1.807, 2.05) is 0 Å². The molecule has 0 atom stereocenters. The highest BCUT2D eigenvalue weighted by molar-refractivity contribution is 5.65. The summed E-state index contributed by atoms with van der Waals surface area (Å²) in [6.07, 6.45) is -2.54. The summed E-state index contributed by atoms with van der Waals surface area (Å²) >= 11 is 0. The third-order valence-electron chi connectivity index (χ3n) is 3.61. The number of hydrogen-bond donors (Lipinski definition) is 0. The van der Waals surface area contributed by atoms with Crippen molar-refractivity contribution in [3.63, 3.8) is 0 Å². The molecule has 0 fully saturated rings. The minimum Gasteiger partial charge on any atom is -0.426 e. The molecule has 7 heteroatoms. The zero-order valence-corrected chi connectivity index (χ0v) is 13.1. The van der Waals surface area contributed by atoms with Crippen molar-refractivity contribution in [3.8, 4) is 11.1 Å². The number of aryl methyl sites for hydroxylation is 1. The number of aromatic nitrogens is 2. The fraction of sp³-hybridized carbons (Fsp3) is 0.167. The molecule has 1 radical (unpaired) electrons. The molecule has 3 nitrogen and oxygen atoms in total. The maximum atomic E-state index is 14.0. The molecule has 0 saturated carbocycles. The first-order chi connectivity index (χ1) is 11.8. The summed E-state index contributed by atoms with van der Waals surface area (Å²) < 4.78 is 57.1. The van der Waals surface area contributed by atoms with E-state index < -0.39 is 17.6 Å². The lowest BCUT2D eigenvalue weighted by molar-refractivity contribution is -0.137. The molecule has 0 amide bonds. The highest BCUT2D eigenvalue weighted by Gasteiger charge is 2.29. The smallest absolute Gasteiger partial charge is 0.416 e. The molecule has 0 spiro atoms. The van der Waals surface area contributed by atoms with Crippen LogP contribution >= 0.6 is 0 Å². The molecule has 0 aliphatic heterocycles. The van der Waals surface area contributed by atoms with Crippen LogP contribution in [0.3, 0.4) is 0 Å². The molecule has 1 heterocycles. The summed E-state index contributed by atoms with van der Waals surface area (Å²) in [7, 11) is 0. The zero-order valence-electron chi connectivity index (χ0n) is 13.1. The van der Waals surface area contributed by atoms with Crippen molar-refractivity contribution >= 4 is 0 Å². The lowest BCUT2D eigenvalue weighted by atomic mass is 9.99. The van der Waals surface area contributed by atoms with E-state index >= 15 is 0 Å². The van der Waals surface area contributed by atoms with Gasteiger partial charge in [-0.15, -0.1) is 10.2 Å². The van der Waals surface area contributed by atoms with Crippen LogP contribution in [0.1, 0.15) is 22.9 Å². The van der Waals surface area contributed by atoms with Crippen molar-refractivity contribution < 1.29 is 22.0 Å². The molecular weight excluding hydrogens is 336 g/mol. The second kappa shape index (κ2) is 6.66. The maximum Gasteiger partial charge on any atom is 0.416 e. The average molecular weight is 349 g/mol. The van der Waals surface area contributed by atoms with Crippen LogP contribution in [-0.4, -0.2) is 10.2 Å². The molecule has 0 unspecified atom stereocenters. The third-order valence-corrected chi connectivity index (χ3v) is 3.61. The highest BCUT2D eigenvalue weighted by Crippen LogP contribution is 2.31. The molecule has 0 bridgehead atoms. The van der Waals surface area contributed by atoms with Crippen molar-refractivity contribution in [2.24, 2.45) is 0 Å². The van der Waals surface area contributed by atoms with Crippen LogP contribution in [-0.2, 0) is 12.6 Å². The van der Waals surface area contributed by atoms with Gasteiger partial charge in [0, 0.05) is 19.8 Å². The van der Waals surface area contributed by atoms with E-state index in [1.54, 1.807) is 19.4 Å². The summed E-state index contributed by atoms with van der Waals surface area (Å²) in [5, 5.41) is 7.52. The maximum absolute atomic E-state index is 14.0. The minimum absolute atomic E-state index is 0.258. The van der Waals surface area contributed by atoms with Gasteiger partial charge >= 0.3 is 6.18 Å². The standard InChI is InChI=1S/C18H13F4N2O/c1-11-23-24-17(25-11)9-5-14-10-13(4-8-16(14)19)12-2-6-15(7-3-12)18(20,21)22/h2-8,10H,9H2,1H3. The van der Waals surface area contributed by atoms with Gasteiger partial charge in [0.1, 0.15) is 5.82 Å². The fourth-order valence-corrected chi connectivity index (χ4v) is 2.35. The Bertz CT molecular complexity index is 870. The number of alkyl halides is 3. The highest BCUT2D eigenvalue weighted by atomic mass is 19.4. The second-order valence-electron chi connectivity index (χ2n) is 5.43. The van der Waals surface area contributed by atoms with E-state index in [1.165, 1.54) is 24.3 Å². The molecule has 2 aromatic carbocycles. The average Bonchev–Trinajstić information content (AvgIpc) is 2.99. The molecule has 3 rings (SSSR count). The molecule has 3 aromatic rings. The number of nitrogens with zero attached hydrogens (tertiary/aromatic N) is 2. The molecule has 0 saturated heterocycles. The van der Waals surface area contributed by atoms with E-state index in [0.717, 1.165) is 12.1 Å². The predicted molar refractivity (Wildman–Crippen MR) is 83.0 cm³/mol. The van der Waals surface area contributed by atoms with Gasteiger partial charge in [-0.25, -0.2) is 4.39 Å². The molecule has 1 aromatic heterocycles. The van der Waals surface area contributed by atoms with Crippen LogP contribution in [0.2, 0.25) is 0 Å². The third kappa shape index (κ3) is 4.04. The Balaban J connectivity index is 1.81. The van der Waals surface area contributed by atoms with Crippen molar-refractivity contribution in [1.29, 1.82) is 0 Å². The lowest BCUT2D eigenvalue weighted by Crippen LogP contribution is -2.04. The zero-order chi connectivity index (χ0) is 18.0. The van der Waals surface area contributed by atoms with Crippen LogP contribution < -0.4 is 0 Å². The van der Waals surface area contributed by atoms with Gasteiger partial charge in [0.2, 0.25) is 11.8 Å². The Kier molecular flexibility index (Phi) is 4.57. The molecule has 0 aliphatic rings. The molecule has 0 aliphatic carbocycles. The van der Waals surface area contributed by atoms with Gasteiger partial charge in [-0.2, -0.15) is 13.2 Å². The monoisotopic (exact) mass is 349 g/mol. The van der Waals surface area contributed by atoms with Gasteiger partial charge < -0.3 is 4.42 Å². The summed E-state index contributed by atoms with van der Waals surface area (Å²) in [5.74, 6) is 0.339. The summed E-state index contributed by atoms with van der Waals surface area (Å²) in [6.45, 7) is 1.66. The molecule has 25 heavy (non-hydrogen) atoms. The number of rotatable bonds is 4. The number of benzene rings is 2. The summed E-state index contributed by atoms with van der Waals surface area (Å²) in [6, 6.07) is 9.10. The Morgan fingerprint density at radius 3 is 2.28 bits per heavy atom. The van der Waals surface area contributed by atoms with E-state index in [2.05, 4.69) is 10.2 Å². The number of halogens is 4. The van der Waals surface area contributed by atoms with Gasteiger partial charge in [0.05, 0.1) is 5.56 Å². The van der Waals surface area contributed by atoms with E-state index in [9.17, 15) is 17.6 Å². The summed E-state index contributed by atoms with van der Waals surface area (Å²) in [4.78, 5) is 0. The van der Waals surface area contributed by atoms with Crippen molar-refractivity contribution in [2.75, 3.05) is 0 Å². The van der Waals surface area contributed by atoms with Gasteiger partial charge in [-0.1, -0.05) is 18.2 Å². The SMILES string of the molecule is Cc1nnc(C[CH]c2cc(-c3ccc(C(F)(F)F)cc3)ccc2F)o1. The fourth-order valence-electron chi connectivity index (χ4n) is 2.35. The van der Waals surface area contributed by atoms with Crippen LogP contribution in [0.15, 0.2) is 46.9 Å². The van der Waals surface area contributed by atoms with Gasteiger partial charge in [-0.05, 0) is 41.0 Å². The van der Waals surface area contributed by atoms with Crippen molar-refractivity contribution in [2.45, 2.75) is 19.5 Å². The Hall–Kier alpha value is -2.70. The second-order valence-corrected chi connectivity index (χ2v) is 5.43. The molecular formula is C18H13F4N2O. The lowest BCUT2D eigenvalue weighted by Gasteiger charge is -2.09. The first kappa shape index (κ1) is 17.1. The first-order valence-electron chi connectivity index (χ1n) is 7.42.